The van der Waals surface area contributed by atoms with Crippen molar-refractivity contribution in [3.05, 3.63) is 52.0 Å². The number of anilines is 1. The van der Waals surface area contributed by atoms with E-state index in [4.69, 9.17) is 16.3 Å². The largest absolute Gasteiger partial charge is 0.496 e. The van der Waals surface area contributed by atoms with Crippen molar-refractivity contribution < 1.29 is 17.9 Å². The van der Waals surface area contributed by atoms with Gasteiger partial charge in [-0.1, -0.05) is 11.6 Å². The number of hydrogen-bond donors (Lipinski definition) is 2. The molecule has 6 nitrogen and oxygen atoms in total. The molecule has 26 heavy (non-hydrogen) atoms. The lowest BCUT2D eigenvalue weighted by Crippen LogP contribution is -2.33. The zero-order valence-corrected chi connectivity index (χ0v) is 16.6. The van der Waals surface area contributed by atoms with Crippen LogP contribution in [0.25, 0.3) is 0 Å². The Bertz CT molecular complexity index is 942. The van der Waals surface area contributed by atoms with Crippen LogP contribution in [0.15, 0.2) is 35.2 Å². The summed E-state index contributed by atoms with van der Waals surface area (Å²) in [6, 6.07) is 8.21. The van der Waals surface area contributed by atoms with Crippen molar-refractivity contribution in [2.75, 3.05) is 19.0 Å². The maximum Gasteiger partial charge on any atom is 0.241 e. The molecule has 0 radical (unpaired) electrons. The van der Waals surface area contributed by atoms with E-state index in [0.717, 1.165) is 5.56 Å². The molecule has 0 aliphatic rings. The standard InChI is InChI=1S/C18H21ClN2O4S/c1-11-7-14(19)5-6-15(11)21-18(22)10-20-26(23,24)17-9-12(2)16(25-4)8-13(17)3/h5-9,20H,10H2,1-4H3,(H,21,22). The van der Waals surface area contributed by atoms with Crippen molar-refractivity contribution >= 4 is 33.2 Å². The summed E-state index contributed by atoms with van der Waals surface area (Å²) in [6.45, 7) is 4.85. The number of carbonyl (C=O) groups excluding carboxylic acids is 1. The molecule has 0 aromatic heterocycles. The highest BCUT2D eigenvalue weighted by Crippen LogP contribution is 2.25. The van der Waals surface area contributed by atoms with Gasteiger partial charge in [0.25, 0.3) is 0 Å². The molecule has 2 rings (SSSR count). The van der Waals surface area contributed by atoms with Crippen molar-refractivity contribution in [1.29, 1.82) is 0 Å². The molecule has 0 saturated heterocycles. The van der Waals surface area contributed by atoms with Gasteiger partial charge >= 0.3 is 0 Å². The van der Waals surface area contributed by atoms with Crippen molar-refractivity contribution in [3.63, 3.8) is 0 Å². The lowest BCUT2D eigenvalue weighted by Gasteiger charge is -2.13. The average molecular weight is 397 g/mol. The Morgan fingerprint density at radius 3 is 2.38 bits per heavy atom. The number of nitrogens with one attached hydrogen (secondary N) is 2. The molecule has 0 atom stereocenters. The number of amides is 1. The quantitative estimate of drug-likeness (QED) is 0.785. The van der Waals surface area contributed by atoms with Crippen LogP contribution in [0.3, 0.4) is 0 Å². The summed E-state index contributed by atoms with van der Waals surface area (Å²) >= 11 is 5.88. The third kappa shape index (κ3) is 4.75. The number of rotatable bonds is 6. The molecule has 0 aliphatic carbocycles. The highest BCUT2D eigenvalue weighted by molar-refractivity contribution is 7.89. The van der Waals surface area contributed by atoms with Crippen LogP contribution in [-0.4, -0.2) is 28.0 Å². The summed E-state index contributed by atoms with van der Waals surface area (Å²) in [5, 5.41) is 3.22. The molecule has 2 aromatic carbocycles. The predicted molar refractivity (Wildman–Crippen MR) is 102 cm³/mol. The van der Waals surface area contributed by atoms with Gasteiger partial charge in [0.2, 0.25) is 15.9 Å². The summed E-state index contributed by atoms with van der Waals surface area (Å²) in [5.74, 6) is 0.138. The lowest BCUT2D eigenvalue weighted by molar-refractivity contribution is -0.115. The Balaban J connectivity index is 2.10. The molecule has 2 N–H and O–H groups in total. The van der Waals surface area contributed by atoms with Crippen LogP contribution in [-0.2, 0) is 14.8 Å². The first-order valence-corrected chi connectivity index (χ1v) is 9.71. The van der Waals surface area contributed by atoms with Gasteiger partial charge in [0.05, 0.1) is 18.6 Å². The van der Waals surface area contributed by atoms with Gasteiger partial charge in [0, 0.05) is 10.7 Å². The van der Waals surface area contributed by atoms with Crippen molar-refractivity contribution in [1.82, 2.24) is 4.72 Å². The van der Waals surface area contributed by atoms with Crippen LogP contribution in [0.5, 0.6) is 5.75 Å². The zero-order chi connectivity index (χ0) is 19.5. The molecule has 140 valence electrons. The Morgan fingerprint density at radius 2 is 1.77 bits per heavy atom. The minimum Gasteiger partial charge on any atom is -0.496 e. The van der Waals surface area contributed by atoms with E-state index in [1.807, 2.05) is 0 Å². The first-order chi connectivity index (χ1) is 12.1. The number of sulfonamides is 1. The highest BCUT2D eigenvalue weighted by Gasteiger charge is 2.20. The normalized spacial score (nSPS) is 11.3. The van der Waals surface area contributed by atoms with Crippen molar-refractivity contribution in [3.8, 4) is 5.75 Å². The second-order valence-electron chi connectivity index (χ2n) is 5.92. The first kappa shape index (κ1) is 20.2. The van der Waals surface area contributed by atoms with Crippen LogP contribution < -0.4 is 14.8 Å². The van der Waals surface area contributed by atoms with Crippen LogP contribution >= 0.6 is 11.6 Å². The fourth-order valence-electron chi connectivity index (χ4n) is 2.47. The van der Waals surface area contributed by atoms with Gasteiger partial charge in [-0.15, -0.1) is 0 Å². The van der Waals surface area contributed by atoms with E-state index in [9.17, 15) is 13.2 Å². The molecular formula is C18H21ClN2O4S. The third-order valence-corrected chi connectivity index (χ3v) is 5.65. The number of hydrogen-bond acceptors (Lipinski definition) is 4. The second-order valence-corrected chi connectivity index (χ2v) is 8.09. The van der Waals surface area contributed by atoms with Gasteiger partial charge in [-0.25, -0.2) is 13.1 Å². The van der Waals surface area contributed by atoms with Crippen LogP contribution in [0.1, 0.15) is 16.7 Å². The molecule has 1 amide bonds. The average Bonchev–Trinajstić information content (AvgIpc) is 2.57. The second kappa shape index (κ2) is 8.07. The topological polar surface area (TPSA) is 84.5 Å². The summed E-state index contributed by atoms with van der Waals surface area (Å²) in [5.41, 5.74) is 2.60. The van der Waals surface area contributed by atoms with E-state index in [-0.39, 0.29) is 11.4 Å². The smallest absolute Gasteiger partial charge is 0.241 e. The minimum absolute atomic E-state index is 0.117. The van der Waals surface area contributed by atoms with Gasteiger partial charge in [0.15, 0.2) is 0 Å². The summed E-state index contributed by atoms with van der Waals surface area (Å²) < 4.78 is 32.6. The Kier molecular flexibility index (Phi) is 6.28. The maximum absolute atomic E-state index is 12.5. The Morgan fingerprint density at radius 1 is 1.08 bits per heavy atom. The zero-order valence-electron chi connectivity index (χ0n) is 15.0. The number of ether oxygens (including phenoxy) is 1. The first-order valence-electron chi connectivity index (χ1n) is 7.85. The molecule has 0 fully saturated rings. The van der Waals surface area contributed by atoms with Gasteiger partial charge < -0.3 is 10.1 Å². The summed E-state index contributed by atoms with van der Waals surface area (Å²) in [4.78, 5) is 12.2. The van der Waals surface area contributed by atoms with E-state index < -0.39 is 15.9 Å². The van der Waals surface area contributed by atoms with Gasteiger partial charge in [-0.2, -0.15) is 0 Å². The highest BCUT2D eigenvalue weighted by atomic mass is 35.5. The van der Waals surface area contributed by atoms with E-state index in [1.54, 1.807) is 45.0 Å². The van der Waals surface area contributed by atoms with Crippen LogP contribution in [0.4, 0.5) is 5.69 Å². The summed E-state index contributed by atoms with van der Waals surface area (Å²) in [7, 11) is -2.31. The molecule has 0 heterocycles. The minimum atomic E-state index is -3.83. The number of halogens is 1. The van der Waals surface area contributed by atoms with E-state index in [0.29, 0.717) is 27.6 Å². The van der Waals surface area contributed by atoms with Crippen LogP contribution in [0.2, 0.25) is 5.02 Å². The lowest BCUT2D eigenvalue weighted by atomic mass is 10.1. The fourth-order valence-corrected chi connectivity index (χ4v) is 3.99. The molecule has 0 saturated carbocycles. The van der Waals surface area contributed by atoms with Crippen LogP contribution in [0, 0.1) is 20.8 Å². The van der Waals surface area contributed by atoms with Crippen molar-refractivity contribution in [2.45, 2.75) is 25.7 Å². The van der Waals surface area contributed by atoms with E-state index in [1.165, 1.54) is 13.2 Å². The molecule has 0 unspecified atom stereocenters. The number of methoxy groups -OCH3 is 1. The van der Waals surface area contributed by atoms with Crippen molar-refractivity contribution in [2.24, 2.45) is 0 Å². The Hall–Kier alpha value is -2.09. The summed E-state index contributed by atoms with van der Waals surface area (Å²) in [6.07, 6.45) is 0. The molecule has 8 heteroatoms. The third-order valence-electron chi connectivity index (χ3n) is 3.87. The fraction of sp³-hybridized carbons (Fsp3) is 0.278. The number of benzene rings is 2. The van der Waals surface area contributed by atoms with Gasteiger partial charge in [-0.3, -0.25) is 4.79 Å². The predicted octanol–water partition coefficient (Wildman–Crippen LogP) is 3.19. The van der Waals surface area contributed by atoms with E-state index >= 15 is 0 Å². The van der Waals surface area contributed by atoms with Gasteiger partial charge in [0.1, 0.15) is 5.75 Å². The Labute approximate surface area is 158 Å². The maximum atomic E-state index is 12.5. The number of aryl methyl sites for hydroxylation is 3. The molecule has 0 spiro atoms. The molecule has 0 bridgehead atoms. The van der Waals surface area contributed by atoms with E-state index in [2.05, 4.69) is 10.0 Å². The van der Waals surface area contributed by atoms with Gasteiger partial charge in [-0.05, 0) is 67.8 Å². The monoisotopic (exact) mass is 396 g/mol. The molecular weight excluding hydrogens is 376 g/mol. The molecule has 0 aliphatic heterocycles. The molecule has 2 aromatic rings. The number of carbonyl (C=O) groups is 1. The SMILES string of the molecule is COc1cc(C)c(S(=O)(=O)NCC(=O)Nc2ccc(Cl)cc2C)cc1C.